The van der Waals surface area contributed by atoms with Gasteiger partial charge in [-0.3, -0.25) is 0 Å². The third kappa shape index (κ3) is 2.89. The van der Waals surface area contributed by atoms with Crippen LogP contribution < -0.4 is 0 Å². The highest BCUT2D eigenvalue weighted by Gasteiger charge is 2.39. The summed E-state index contributed by atoms with van der Waals surface area (Å²) >= 11 is 4.13. The molecule has 0 aliphatic carbocycles. The number of hydrogen-bond donors (Lipinski definition) is 1. The number of hydrogen-bond acceptors (Lipinski definition) is 4. The molecular formula is C9H17BO3S. The van der Waals surface area contributed by atoms with Crippen LogP contribution in [-0.2, 0) is 14.2 Å². The van der Waals surface area contributed by atoms with Gasteiger partial charge in [-0.2, -0.15) is 0 Å². The van der Waals surface area contributed by atoms with Gasteiger partial charge >= 0.3 is 0 Å². The van der Waals surface area contributed by atoms with E-state index in [1.54, 1.807) is 7.11 Å². The van der Waals surface area contributed by atoms with E-state index in [2.05, 4.69) is 19.6 Å². The standard InChI is InChI=1S/C9H17BO3S/c1-5-7(4-12-6(2)14)13-9(10)8(5)11-3/h5-9,14H,4H2,1-3H3/t5?,6?,7-,8?,9-/m1/s1. The lowest BCUT2D eigenvalue weighted by molar-refractivity contribution is -0.0103. The average molecular weight is 216 g/mol. The predicted octanol–water partition coefficient (Wildman–Crippen LogP) is 0.823. The Morgan fingerprint density at radius 1 is 1.57 bits per heavy atom. The van der Waals surface area contributed by atoms with Crippen molar-refractivity contribution >= 4 is 20.5 Å². The molecule has 0 spiro atoms. The van der Waals surface area contributed by atoms with Crippen LogP contribution in [0.5, 0.6) is 0 Å². The van der Waals surface area contributed by atoms with Crippen molar-refractivity contribution in [2.75, 3.05) is 13.7 Å². The fourth-order valence-electron chi connectivity index (χ4n) is 1.69. The molecule has 1 saturated heterocycles. The smallest absolute Gasteiger partial charge is 0.112 e. The maximum absolute atomic E-state index is 5.75. The molecule has 1 heterocycles. The summed E-state index contributed by atoms with van der Waals surface area (Å²) in [6, 6.07) is -0.348. The minimum Gasteiger partial charge on any atom is -0.379 e. The molecule has 1 aliphatic rings. The molecule has 1 aliphatic heterocycles. The first-order valence-corrected chi connectivity index (χ1v) is 5.31. The van der Waals surface area contributed by atoms with Crippen molar-refractivity contribution in [2.45, 2.75) is 37.5 Å². The summed E-state index contributed by atoms with van der Waals surface area (Å²) in [4.78, 5) is 0. The Bertz CT molecular complexity index is 179. The molecule has 14 heavy (non-hydrogen) atoms. The number of methoxy groups -OCH3 is 1. The maximum atomic E-state index is 5.75. The van der Waals surface area contributed by atoms with Crippen molar-refractivity contribution in [3.05, 3.63) is 0 Å². The normalized spacial score (nSPS) is 40.0. The van der Waals surface area contributed by atoms with Crippen LogP contribution in [0.4, 0.5) is 0 Å². The summed E-state index contributed by atoms with van der Waals surface area (Å²) in [7, 11) is 7.40. The molecule has 0 aromatic carbocycles. The van der Waals surface area contributed by atoms with E-state index in [-0.39, 0.29) is 29.6 Å². The van der Waals surface area contributed by atoms with Crippen LogP contribution in [0.25, 0.3) is 0 Å². The molecule has 2 radical (unpaired) electrons. The Labute approximate surface area is 92.3 Å². The van der Waals surface area contributed by atoms with E-state index < -0.39 is 0 Å². The summed E-state index contributed by atoms with van der Waals surface area (Å²) in [5.41, 5.74) is -0.0800. The number of ether oxygens (including phenoxy) is 3. The van der Waals surface area contributed by atoms with Gasteiger partial charge in [0.2, 0.25) is 0 Å². The summed E-state index contributed by atoms with van der Waals surface area (Å²) < 4.78 is 16.1. The van der Waals surface area contributed by atoms with E-state index >= 15 is 0 Å². The van der Waals surface area contributed by atoms with Gasteiger partial charge < -0.3 is 14.2 Å². The van der Waals surface area contributed by atoms with Gasteiger partial charge in [-0.15, -0.1) is 12.6 Å². The molecule has 3 unspecified atom stereocenters. The van der Waals surface area contributed by atoms with Crippen LogP contribution in [-0.4, -0.2) is 45.2 Å². The largest absolute Gasteiger partial charge is 0.379 e. The van der Waals surface area contributed by atoms with Gasteiger partial charge in [-0.05, 0) is 6.92 Å². The molecule has 3 nitrogen and oxygen atoms in total. The predicted molar refractivity (Wildman–Crippen MR) is 58.8 cm³/mol. The van der Waals surface area contributed by atoms with E-state index in [9.17, 15) is 0 Å². The molecule has 0 amide bonds. The van der Waals surface area contributed by atoms with Gasteiger partial charge in [0, 0.05) is 19.0 Å². The fourth-order valence-corrected chi connectivity index (χ4v) is 1.77. The van der Waals surface area contributed by atoms with Crippen molar-refractivity contribution in [3.8, 4) is 0 Å². The zero-order valence-corrected chi connectivity index (χ0v) is 9.74. The monoisotopic (exact) mass is 216 g/mol. The maximum Gasteiger partial charge on any atom is 0.112 e. The second-order valence-electron chi connectivity index (χ2n) is 3.63. The molecule has 0 aromatic rings. The molecule has 5 heteroatoms. The molecule has 5 atom stereocenters. The van der Waals surface area contributed by atoms with E-state index in [1.807, 2.05) is 6.92 Å². The molecule has 1 fully saturated rings. The Morgan fingerprint density at radius 3 is 2.64 bits per heavy atom. The lowest BCUT2D eigenvalue weighted by Gasteiger charge is -2.18. The highest BCUT2D eigenvalue weighted by molar-refractivity contribution is 7.80. The van der Waals surface area contributed by atoms with Crippen molar-refractivity contribution in [2.24, 2.45) is 5.92 Å². The first-order chi connectivity index (χ1) is 6.56. The number of thiol groups is 1. The van der Waals surface area contributed by atoms with Crippen molar-refractivity contribution in [3.63, 3.8) is 0 Å². The third-order valence-corrected chi connectivity index (χ3v) is 2.68. The molecular weight excluding hydrogens is 199 g/mol. The third-order valence-electron chi connectivity index (χ3n) is 2.53. The van der Waals surface area contributed by atoms with E-state index in [0.717, 1.165) is 0 Å². The topological polar surface area (TPSA) is 27.7 Å². The summed E-state index contributed by atoms with van der Waals surface area (Å²) in [6.07, 6.45) is -0.0385. The van der Waals surface area contributed by atoms with Crippen LogP contribution >= 0.6 is 12.6 Å². The van der Waals surface area contributed by atoms with Crippen LogP contribution in [0.1, 0.15) is 13.8 Å². The minimum absolute atomic E-state index is 0.00421. The lowest BCUT2D eigenvalue weighted by Crippen LogP contribution is -2.29. The molecule has 80 valence electrons. The van der Waals surface area contributed by atoms with Gasteiger partial charge in [0.1, 0.15) is 7.85 Å². The highest BCUT2D eigenvalue weighted by Crippen LogP contribution is 2.27. The van der Waals surface area contributed by atoms with Crippen molar-refractivity contribution in [1.29, 1.82) is 0 Å². The molecule has 0 aromatic heterocycles. The SMILES string of the molecule is [B][C@@H]1O[C@H](COC(C)S)C(C)C1OC. The zero-order chi connectivity index (χ0) is 10.7. The van der Waals surface area contributed by atoms with Crippen LogP contribution in [0, 0.1) is 5.92 Å². The van der Waals surface area contributed by atoms with Gasteiger partial charge in [-0.25, -0.2) is 0 Å². The highest BCUT2D eigenvalue weighted by atomic mass is 32.1. The average Bonchev–Trinajstić information content (AvgIpc) is 2.38. The van der Waals surface area contributed by atoms with E-state index in [4.69, 9.17) is 22.1 Å². The first kappa shape index (κ1) is 12.4. The minimum atomic E-state index is -0.348. The van der Waals surface area contributed by atoms with Gasteiger partial charge in [0.15, 0.2) is 0 Å². The molecule has 0 saturated carbocycles. The van der Waals surface area contributed by atoms with Crippen LogP contribution in [0.3, 0.4) is 0 Å². The fraction of sp³-hybridized carbons (Fsp3) is 1.00. The van der Waals surface area contributed by atoms with E-state index in [1.165, 1.54) is 0 Å². The zero-order valence-electron chi connectivity index (χ0n) is 8.84. The molecule has 1 rings (SSSR count). The summed E-state index contributed by atoms with van der Waals surface area (Å²) in [5, 5.41) is 0. The molecule has 0 N–H and O–H groups in total. The van der Waals surface area contributed by atoms with Crippen LogP contribution in [0.15, 0.2) is 0 Å². The van der Waals surface area contributed by atoms with Crippen molar-refractivity contribution in [1.82, 2.24) is 0 Å². The lowest BCUT2D eigenvalue weighted by atomic mass is 9.89. The quantitative estimate of drug-likeness (QED) is 0.428. The first-order valence-electron chi connectivity index (χ1n) is 4.79. The second kappa shape index (κ2) is 5.40. The summed E-state index contributed by atoms with van der Waals surface area (Å²) in [5.74, 6) is 0.252. The van der Waals surface area contributed by atoms with Crippen molar-refractivity contribution < 1.29 is 14.2 Å². The Kier molecular flexibility index (Phi) is 4.77. The second-order valence-corrected chi connectivity index (χ2v) is 4.36. The Morgan fingerprint density at radius 2 is 2.21 bits per heavy atom. The van der Waals surface area contributed by atoms with Gasteiger partial charge in [-0.1, -0.05) is 6.92 Å². The summed E-state index contributed by atoms with van der Waals surface area (Å²) in [6.45, 7) is 4.44. The molecule has 0 bridgehead atoms. The van der Waals surface area contributed by atoms with Gasteiger partial charge in [0.25, 0.3) is 0 Å². The Balaban J connectivity index is 2.41. The Hall–Kier alpha value is 0.295. The van der Waals surface area contributed by atoms with E-state index in [0.29, 0.717) is 6.61 Å². The van der Waals surface area contributed by atoms with Crippen LogP contribution in [0.2, 0.25) is 0 Å². The number of rotatable bonds is 4. The van der Waals surface area contributed by atoms with Gasteiger partial charge in [0.05, 0.1) is 24.3 Å².